The number of fused-ring (bicyclic) bond motifs is 1. The normalized spacial score (nSPS) is 23.2. The summed E-state index contributed by atoms with van der Waals surface area (Å²) in [7, 11) is 0. The first kappa shape index (κ1) is 18.6. The maximum Gasteiger partial charge on any atom is 0.250 e. The number of nitrogens with zero attached hydrogens (tertiary/aromatic N) is 5. The van der Waals surface area contributed by atoms with E-state index < -0.39 is 11.9 Å². The standard InChI is InChI=1S/C20H22N6O2S/c1-13(14-2-3-17-16(8-14)23-12-29-17)25-6-4-20(5-7-25)18(27)26(19(28)24-20)15-9-21-11-22-10-15/h2-3,8-13,19,24,28H,4-7H2,1H3. The Hall–Kier alpha value is -2.46. The fourth-order valence-corrected chi connectivity index (χ4v) is 5.04. The number of thiazole rings is 1. The Morgan fingerprint density at radius 3 is 2.79 bits per heavy atom. The van der Waals surface area contributed by atoms with Crippen molar-refractivity contribution >= 4 is 33.1 Å². The molecule has 9 heteroatoms. The predicted octanol–water partition coefficient (Wildman–Crippen LogP) is 1.89. The highest BCUT2D eigenvalue weighted by molar-refractivity contribution is 7.16. The summed E-state index contributed by atoms with van der Waals surface area (Å²) in [6.07, 6.45) is 4.70. The first-order chi connectivity index (χ1) is 14.1. The van der Waals surface area contributed by atoms with Crippen molar-refractivity contribution in [2.75, 3.05) is 18.0 Å². The molecule has 2 atom stereocenters. The molecule has 8 nitrogen and oxygen atoms in total. The summed E-state index contributed by atoms with van der Waals surface area (Å²) in [5.41, 5.74) is 3.89. The summed E-state index contributed by atoms with van der Waals surface area (Å²) in [6.45, 7) is 3.72. The molecule has 3 aromatic rings. The van der Waals surface area contributed by atoms with Crippen LogP contribution in [-0.4, -0.2) is 55.8 Å². The number of anilines is 1. The zero-order valence-electron chi connectivity index (χ0n) is 16.0. The number of carbonyl (C=O) groups is 1. The molecule has 2 N–H and O–H groups in total. The van der Waals surface area contributed by atoms with Gasteiger partial charge in [-0.05, 0) is 37.5 Å². The molecule has 0 radical (unpaired) electrons. The maximum absolute atomic E-state index is 13.2. The number of aromatic nitrogens is 3. The van der Waals surface area contributed by atoms with Crippen molar-refractivity contribution in [2.45, 2.75) is 37.7 Å². The third-order valence-corrected chi connectivity index (χ3v) is 6.95. The van der Waals surface area contributed by atoms with E-state index >= 15 is 0 Å². The van der Waals surface area contributed by atoms with Crippen LogP contribution in [0.4, 0.5) is 5.69 Å². The molecule has 1 aromatic carbocycles. The van der Waals surface area contributed by atoms with Crippen molar-refractivity contribution in [1.82, 2.24) is 25.2 Å². The number of likely N-dealkylation sites (tertiary alicyclic amines) is 1. The monoisotopic (exact) mass is 410 g/mol. The van der Waals surface area contributed by atoms with E-state index in [1.165, 1.54) is 21.5 Å². The van der Waals surface area contributed by atoms with Gasteiger partial charge < -0.3 is 5.11 Å². The number of amides is 1. The Bertz CT molecular complexity index is 1030. The van der Waals surface area contributed by atoms with Gasteiger partial charge in [0.15, 0.2) is 6.35 Å². The van der Waals surface area contributed by atoms with Gasteiger partial charge in [-0.2, -0.15) is 0 Å². The average molecular weight is 411 g/mol. The summed E-state index contributed by atoms with van der Waals surface area (Å²) in [4.78, 5) is 29.3. The second kappa shape index (κ2) is 7.10. The second-order valence-electron chi connectivity index (χ2n) is 7.66. The topological polar surface area (TPSA) is 94.5 Å². The van der Waals surface area contributed by atoms with E-state index in [0.29, 0.717) is 18.5 Å². The van der Waals surface area contributed by atoms with E-state index in [0.717, 1.165) is 18.6 Å². The van der Waals surface area contributed by atoms with Crippen LogP contribution in [0.15, 0.2) is 42.4 Å². The van der Waals surface area contributed by atoms with E-state index in [9.17, 15) is 9.90 Å². The molecule has 2 aliphatic heterocycles. The number of hydrogen-bond acceptors (Lipinski definition) is 8. The summed E-state index contributed by atoms with van der Waals surface area (Å²) >= 11 is 1.65. The first-order valence-electron chi connectivity index (χ1n) is 9.69. The van der Waals surface area contributed by atoms with Crippen LogP contribution in [-0.2, 0) is 4.79 Å². The number of rotatable bonds is 3. The van der Waals surface area contributed by atoms with Gasteiger partial charge in [0.2, 0.25) is 0 Å². The van der Waals surface area contributed by atoms with E-state index in [1.807, 2.05) is 5.51 Å². The quantitative estimate of drug-likeness (QED) is 0.681. The van der Waals surface area contributed by atoms with Crippen LogP contribution < -0.4 is 10.2 Å². The number of piperidine rings is 1. The minimum absolute atomic E-state index is 0.115. The zero-order chi connectivity index (χ0) is 20.0. The van der Waals surface area contributed by atoms with Gasteiger partial charge in [-0.15, -0.1) is 11.3 Å². The first-order valence-corrected chi connectivity index (χ1v) is 10.6. The largest absolute Gasteiger partial charge is 0.360 e. The number of hydrogen-bond donors (Lipinski definition) is 2. The Labute approximate surface area is 172 Å². The molecule has 0 bridgehead atoms. The van der Waals surface area contributed by atoms with Gasteiger partial charge in [0, 0.05) is 19.1 Å². The van der Waals surface area contributed by atoms with E-state index in [1.54, 1.807) is 23.7 Å². The highest BCUT2D eigenvalue weighted by atomic mass is 32.1. The Kier molecular flexibility index (Phi) is 4.54. The molecule has 150 valence electrons. The van der Waals surface area contributed by atoms with Crippen LogP contribution in [0.5, 0.6) is 0 Å². The lowest BCUT2D eigenvalue weighted by atomic mass is 9.86. The molecular formula is C20H22N6O2S. The molecule has 2 unspecified atom stereocenters. The lowest BCUT2D eigenvalue weighted by molar-refractivity contribution is -0.124. The van der Waals surface area contributed by atoms with Crippen molar-refractivity contribution in [3.8, 4) is 0 Å². The predicted molar refractivity (Wildman–Crippen MR) is 110 cm³/mol. The summed E-state index contributed by atoms with van der Waals surface area (Å²) in [5, 5.41) is 13.6. The summed E-state index contributed by atoms with van der Waals surface area (Å²) < 4.78 is 1.19. The second-order valence-corrected chi connectivity index (χ2v) is 8.55. The number of benzene rings is 1. The van der Waals surface area contributed by atoms with Gasteiger partial charge in [0.25, 0.3) is 5.91 Å². The zero-order valence-corrected chi connectivity index (χ0v) is 16.8. The maximum atomic E-state index is 13.2. The van der Waals surface area contributed by atoms with Gasteiger partial charge in [-0.3, -0.25) is 19.9 Å². The molecule has 2 saturated heterocycles. The third kappa shape index (κ3) is 3.10. The lowest BCUT2D eigenvalue weighted by Crippen LogP contribution is -2.55. The van der Waals surface area contributed by atoms with Gasteiger partial charge in [-0.1, -0.05) is 6.07 Å². The molecule has 29 heavy (non-hydrogen) atoms. The third-order valence-electron chi connectivity index (χ3n) is 6.14. The number of aliphatic hydroxyl groups excluding tert-OH is 1. The van der Waals surface area contributed by atoms with E-state index in [4.69, 9.17) is 0 Å². The van der Waals surface area contributed by atoms with Crippen molar-refractivity contribution in [3.05, 3.63) is 48.0 Å². The van der Waals surface area contributed by atoms with Crippen molar-refractivity contribution in [3.63, 3.8) is 0 Å². The number of nitrogens with one attached hydrogen (secondary N) is 1. The van der Waals surface area contributed by atoms with Gasteiger partial charge in [0.1, 0.15) is 11.9 Å². The highest BCUT2D eigenvalue weighted by Crippen LogP contribution is 2.36. The van der Waals surface area contributed by atoms with Gasteiger partial charge in [-0.25, -0.2) is 15.0 Å². The molecule has 1 spiro atoms. The van der Waals surface area contributed by atoms with E-state index in [-0.39, 0.29) is 11.9 Å². The van der Waals surface area contributed by atoms with Gasteiger partial charge in [0.05, 0.1) is 33.8 Å². The van der Waals surface area contributed by atoms with Crippen LogP contribution in [0.25, 0.3) is 10.2 Å². The fourth-order valence-electron chi connectivity index (χ4n) is 4.39. The number of carbonyl (C=O) groups excluding carboxylic acids is 1. The number of aliphatic hydroxyl groups is 1. The van der Waals surface area contributed by atoms with Crippen LogP contribution in [0, 0.1) is 0 Å². The van der Waals surface area contributed by atoms with Crippen molar-refractivity contribution in [2.24, 2.45) is 0 Å². The van der Waals surface area contributed by atoms with Crippen LogP contribution in [0.3, 0.4) is 0 Å². The molecule has 5 rings (SSSR count). The summed E-state index contributed by atoms with van der Waals surface area (Å²) in [5.74, 6) is -0.115. The molecule has 2 aliphatic rings. The van der Waals surface area contributed by atoms with E-state index in [2.05, 4.69) is 50.3 Å². The van der Waals surface area contributed by atoms with Crippen LogP contribution >= 0.6 is 11.3 Å². The molecule has 0 aliphatic carbocycles. The van der Waals surface area contributed by atoms with Crippen LogP contribution in [0.1, 0.15) is 31.4 Å². The molecule has 1 amide bonds. The smallest absolute Gasteiger partial charge is 0.250 e. The van der Waals surface area contributed by atoms with Crippen molar-refractivity contribution < 1.29 is 9.90 Å². The molecule has 2 aromatic heterocycles. The Morgan fingerprint density at radius 1 is 1.28 bits per heavy atom. The fraction of sp³-hybridized carbons (Fsp3) is 0.400. The van der Waals surface area contributed by atoms with Crippen molar-refractivity contribution in [1.29, 1.82) is 0 Å². The summed E-state index contributed by atoms with van der Waals surface area (Å²) in [6, 6.07) is 6.68. The minimum Gasteiger partial charge on any atom is -0.360 e. The molecule has 2 fully saturated rings. The lowest BCUT2D eigenvalue weighted by Gasteiger charge is -2.40. The van der Waals surface area contributed by atoms with Gasteiger partial charge >= 0.3 is 0 Å². The average Bonchev–Trinajstić information content (AvgIpc) is 3.31. The molecule has 4 heterocycles. The Morgan fingerprint density at radius 2 is 2.03 bits per heavy atom. The SMILES string of the molecule is CC(c1ccc2scnc2c1)N1CCC2(CC1)NC(O)N(c1cncnc1)C2=O. The Balaban J connectivity index is 1.31. The van der Waals surface area contributed by atoms with Crippen LogP contribution in [0.2, 0.25) is 0 Å². The highest BCUT2D eigenvalue weighted by Gasteiger charge is 2.52. The molecular weight excluding hydrogens is 388 g/mol. The molecule has 0 saturated carbocycles. The minimum atomic E-state index is -1.07.